The molecule has 0 aliphatic carbocycles. The van der Waals surface area contributed by atoms with Crippen molar-refractivity contribution < 1.29 is 8.42 Å². The van der Waals surface area contributed by atoms with Crippen LogP contribution < -0.4 is 10.5 Å². The van der Waals surface area contributed by atoms with Crippen molar-refractivity contribution in [3.8, 4) is 0 Å². The van der Waals surface area contributed by atoms with E-state index in [9.17, 15) is 8.42 Å². The van der Waals surface area contributed by atoms with Gasteiger partial charge in [0.1, 0.15) is 5.82 Å². The van der Waals surface area contributed by atoms with E-state index in [-0.39, 0.29) is 16.7 Å². The van der Waals surface area contributed by atoms with Crippen LogP contribution in [0, 0.1) is 0 Å². The van der Waals surface area contributed by atoms with Gasteiger partial charge in [-0.05, 0) is 39.2 Å². The number of halogens is 2. The molecule has 0 fully saturated rings. The smallest absolute Gasteiger partial charge is 0.238 e. The SMILES string of the molecule is NS(=O)(=O)c1ccccc1CNc1nc(Cl)ncc1Br. The molecule has 1 aromatic heterocycles. The molecule has 3 N–H and O–H groups in total. The third-order valence-corrected chi connectivity index (χ3v) is 4.21. The van der Waals surface area contributed by atoms with Crippen LogP contribution in [0.15, 0.2) is 39.8 Å². The maximum Gasteiger partial charge on any atom is 0.238 e. The Balaban J connectivity index is 2.26. The lowest BCUT2D eigenvalue weighted by Gasteiger charge is -2.10. The second kappa shape index (κ2) is 6.04. The summed E-state index contributed by atoms with van der Waals surface area (Å²) in [7, 11) is -3.77. The average Bonchev–Trinajstić information content (AvgIpc) is 2.39. The van der Waals surface area contributed by atoms with E-state index >= 15 is 0 Å². The number of nitrogens with two attached hydrogens (primary N) is 1. The molecule has 6 nitrogen and oxygen atoms in total. The first kappa shape index (κ1) is 15.2. The number of primary sulfonamides is 1. The van der Waals surface area contributed by atoms with Crippen molar-refractivity contribution >= 4 is 43.4 Å². The zero-order valence-electron chi connectivity index (χ0n) is 10.0. The predicted octanol–water partition coefficient (Wildman–Crippen LogP) is 2.15. The number of hydrogen-bond acceptors (Lipinski definition) is 5. The van der Waals surface area contributed by atoms with Crippen molar-refractivity contribution in [2.45, 2.75) is 11.4 Å². The molecule has 0 bridgehead atoms. The first-order chi connectivity index (χ1) is 9.38. The van der Waals surface area contributed by atoms with Crippen molar-refractivity contribution in [3.05, 3.63) is 45.8 Å². The van der Waals surface area contributed by atoms with E-state index in [2.05, 4.69) is 31.2 Å². The van der Waals surface area contributed by atoms with Crippen LogP contribution in [0.2, 0.25) is 5.28 Å². The summed E-state index contributed by atoms with van der Waals surface area (Å²) in [6.45, 7) is 0.235. The van der Waals surface area contributed by atoms with Gasteiger partial charge < -0.3 is 5.32 Å². The molecule has 0 amide bonds. The second-order valence-electron chi connectivity index (χ2n) is 3.84. The fourth-order valence-electron chi connectivity index (χ4n) is 1.58. The molecule has 0 aliphatic rings. The van der Waals surface area contributed by atoms with Crippen LogP contribution in [0.4, 0.5) is 5.82 Å². The zero-order valence-corrected chi connectivity index (χ0v) is 13.2. The average molecular weight is 378 g/mol. The Bertz CT molecular complexity index is 739. The number of rotatable bonds is 4. The summed E-state index contributed by atoms with van der Waals surface area (Å²) in [5.41, 5.74) is 0.539. The monoisotopic (exact) mass is 376 g/mol. The van der Waals surface area contributed by atoms with Crippen molar-refractivity contribution in [3.63, 3.8) is 0 Å². The maximum absolute atomic E-state index is 11.5. The fourth-order valence-corrected chi connectivity index (χ4v) is 2.81. The van der Waals surface area contributed by atoms with Crippen LogP contribution in [-0.4, -0.2) is 18.4 Å². The van der Waals surface area contributed by atoms with Crippen LogP contribution in [0.3, 0.4) is 0 Å². The highest BCUT2D eigenvalue weighted by Crippen LogP contribution is 2.22. The number of anilines is 1. The fraction of sp³-hybridized carbons (Fsp3) is 0.0909. The number of benzene rings is 1. The standard InChI is InChI=1S/C11H10BrClN4O2S/c12-8-6-16-11(13)17-10(8)15-5-7-3-1-2-4-9(7)20(14,18)19/h1-4,6H,5H2,(H2,14,18,19)(H,15,16,17). The van der Waals surface area contributed by atoms with Crippen LogP contribution in [0.5, 0.6) is 0 Å². The lowest BCUT2D eigenvalue weighted by atomic mass is 10.2. The molecule has 0 saturated carbocycles. The Kier molecular flexibility index (Phi) is 4.59. The molecule has 0 saturated heterocycles. The molecule has 0 spiro atoms. The van der Waals surface area contributed by atoms with Crippen LogP contribution in [0.25, 0.3) is 0 Å². The first-order valence-corrected chi connectivity index (χ1v) is 8.12. The Morgan fingerprint density at radius 1 is 1.35 bits per heavy atom. The third kappa shape index (κ3) is 3.66. The van der Waals surface area contributed by atoms with Gasteiger partial charge in [0.05, 0.1) is 9.37 Å². The minimum absolute atomic E-state index is 0.0729. The molecule has 106 valence electrons. The number of nitrogens with zero attached hydrogens (tertiary/aromatic N) is 2. The van der Waals surface area contributed by atoms with Crippen LogP contribution >= 0.6 is 27.5 Å². The van der Waals surface area contributed by atoms with Gasteiger partial charge in [0.25, 0.3) is 0 Å². The van der Waals surface area contributed by atoms with E-state index in [1.807, 2.05) is 0 Å². The van der Waals surface area contributed by atoms with Crippen molar-refractivity contribution in [1.82, 2.24) is 9.97 Å². The number of hydrogen-bond donors (Lipinski definition) is 2. The molecule has 0 atom stereocenters. The minimum atomic E-state index is -3.77. The molecule has 0 radical (unpaired) electrons. The van der Waals surface area contributed by atoms with E-state index in [4.69, 9.17) is 16.7 Å². The molecule has 2 rings (SSSR count). The molecule has 0 unspecified atom stereocenters. The Morgan fingerprint density at radius 2 is 2.05 bits per heavy atom. The van der Waals surface area contributed by atoms with Gasteiger partial charge in [-0.15, -0.1) is 0 Å². The Hall–Kier alpha value is -1.22. The van der Waals surface area contributed by atoms with Gasteiger partial charge >= 0.3 is 0 Å². The molecule has 9 heteroatoms. The first-order valence-electron chi connectivity index (χ1n) is 5.40. The lowest BCUT2D eigenvalue weighted by molar-refractivity contribution is 0.597. The maximum atomic E-state index is 11.5. The van der Waals surface area contributed by atoms with Crippen molar-refractivity contribution in [1.29, 1.82) is 0 Å². The number of nitrogens with one attached hydrogen (secondary N) is 1. The van der Waals surface area contributed by atoms with E-state index < -0.39 is 10.0 Å². The van der Waals surface area contributed by atoms with Gasteiger partial charge in [-0.2, -0.15) is 4.98 Å². The van der Waals surface area contributed by atoms with Gasteiger partial charge in [-0.3, -0.25) is 0 Å². The Morgan fingerprint density at radius 3 is 2.75 bits per heavy atom. The lowest BCUT2D eigenvalue weighted by Crippen LogP contribution is -2.16. The molecule has 0 aliphatic heterocycles. The molecular weight excluding hydrogens is 368 g/mol. The van der Waals surface area contributed by atoms with Crippen LogP contribution in [0.1, 0.15) is 5.56 Å². The summed E-state index contributed by atoms with van der Waals surface area (Å²) in [5, 5.41) is 8.24. The van der Waals surface area contributed by atoms with Crippen molar-refractivity contribution in [2.75, 3.05) is 5.32 Å². The number of aromatic nitrogens is 2. The summed E-state index contributed by atoms with van der Waals surface area (Å²) in [6.07, 6.45) is 1.50. The van der Waals surface area contributed by atoms with Gasteiger partial charge in [-0.1, -0.05) is 18.2 Å². The summed E-state index contributed by atoms with van der Waals surface area (Å²) >= 11 is 8.98. The highest BCUT2D eigenvalue weighted by Gasteiger charge is 2.13. The normalized spacial score (nSPS) is 11.3. The highest BCUT2D eigenvalue weighted by atomic mass is 79.9. The summed E-state index contributed by atoms with van der Waals surface area (Å²) < 4.78 is 23.6. The second-order valence-corrected chi connectivity index (χ2v) is 6.56. The van der Waals surface area contributed by atoms with Crippen LogP contribution in [-0.2, 0) is 16.6 Å². The quantitative estimate of drug-likeness (QED) is 0.796. The van der Waals surface area contributed by atoms with E-state index in [1.54, 1.807) is 18.2 Å². The molecule has 2 aromatic rings. The summed E-state index contributed by atoms with van der Waals surface area (Å²) in [4.78, 5) is 7.87. The molecular formula is C11H10BrClN4O2S. The Labute approximate surface area is 129 Å². The predicted molar refractivity (Wildman–Crippen MR) is 79.9 cm³/mol. The summed E-state index contributed by atoms with van der Waals surface area (Å²) in [6, 6.07) is 6.46. The van der Waals surface area contributed by atoms with Gasteiger partial charge in [-0.25, -0.2) is 18.5 Å². The van der Waals surface area contributed by atoms with Gasteiger partial charge in [0.2, 0.25) is 15.3 Å². The van der Waals surface area contributed by atoms with E-state index in [0.717, 1.165) is 0 Å². The minimum Gasteiger partial charge on any atom is -0.365 e. The van der Waals surface area contributed by atoms with Crippen molar-refractivity contribution in [2.24, 2.45) is 5.14 Å². The largest absolute Gasteiger partial charge is 0.365 e. The zero-order chi connectivity index (χ0) is 14.8. The molecule has 1 heterocycles. The summed E-state index contributed by atoms with van der Waals surface area (Å²) in [5.74, 6) is 0.467. The van der Waals surface area contributed by atoms with Gasteiger partial charge in [0, 0.05) is 12.7 Å². The van der Waals surface area contributed by atoms with Gasteiger partial charge in [0.15, 0.2) is 0 Å². The molecule has 1 aromatic carbocycles. The number of sulfonamides is 1. The third-order valence-electron chi connectivity index (χ3n) is 2.44. The highest BCUT2D eigenvalue weighted by molar-refractivity contribution is 9.10. The van der Waals surface area contributed by atoms with E-state index in [0.29, 0.717) is 15.9 Å². The molecule has 20 heavy (non-hydrogen) atoms. The topological polar surface area (TPSA) is 98.0 Å². The van der Waals surface area contributed by atoms with E-state index in [1.165, 1.54) is 12.3 Å².